The first-order valence-corrected chi connectivity index (χ1v) is 8.07. The number of aromatic nitrogens is 1. The number of anilines is 2. The SMILES string of the molecule is COc1cccc(N2CCN(c3snc(Cl)c3C#N)CC2)c1. The number of benzene rings is 1. The van der Waals surface area contributed by atoms with Crippen molar-refractivity contribution in [2.75, 3.05) is 43.1 Å². The number of halogens is 1. The number of ether oxygens (including phenoxy) is 1. The number of nitrogens with zero attached hydrogens (tertiary/aromatic N) is 4. The maximum atomic E-state index is 9.19. The minimum absolute atomic E-state index is 0.303. The molecule has 2 heterocycles. The zero-order chi connectivity index (χ0) is 15.5. The van der Waals surface area contributed by atoms with Gasteiger partial charge in [-0.25, -0.2) is 0 Å². The Morgan fingerprint density at radius 3 is 2.68 bits per heavy atom. The molecular weight excluding hydrogens is 320 g/mol. The summed E-state index contributed by atoms with van der Waals surface area (Å²) in [5.41, 5.74) is 1.64. The van der Waals surface area contributed by atoms with Crippen LogP contribution in [0.15, 0.2) is 24.3 Å². The lowest BCUT2D eigenvalue weighted by atomic mass is 10.2. The van der Waals surface area contributed by atoms with Crippen molar-refractivity contribution in [1.29, 1.82) is 5.26 Å². The van der Waals surface area contributed by atoms with Gasteiger partial charge in [0.05, 0.1) is 7.11 Å². The summed E-state index contributed by atoms with van der Waals surface area (Å²) in [6.45, 7) is 3.44. The molecular formula is C15H15ClN4OS. The van der Waals surface area contributed by atoms with Crippen LogP contribution in [-0.2, 0) is 0 Å². The molecule has 22 heavy (non-hydrogen) atoms. The zero-order valence-corrected chi connectivity index (χ0v) is 13.7. The fourth-order valence-electron chi connectivity index (χ4n) is 2.55. The quantitative estimate of drug-likeness (QED) is 0.863. The van der Waals surface area contributed by atoms with Crippen LogP contribution >= 0.6 is 23.1 Å². The van der Waals surface area contributed by atoms with Crippen molar-refractivity contribution < 1.29 is 4.74 Å². The van der Waals surface area contributed by atoms with Crippen LogP contribution in [0.3, 0.4) is 0 Å². The maximum absolute atomic E-state index is 9.19. The minimum atomic E-state index is 0.303. The van der Waals surface area contributed by atoms with Gasteiger partial charge in [-0.15, -0.1) is 0 Å². The van der Waals surface area contributed by atoms with Crippen molar-refractivity contribution in [3.8, 4) is 11.8 Å². The molecule has 0 spiro atoms. The van der Waals surface area contributed by atoms with Crippen molar-refractivity contribution >= 4 is 33.8 Å². The van der Waals surface area contributed by atoms with Gasteiger partial charge in [0, 0.05) is 37.9 Å². The first-order valence-electron chi connectivity index (χ1n) is 6.92. The Bertz CT molecular complexity index is 704. The van der Waals surface area contributed by atoms with Crippen molar-refractivity contribution in [2.24, 2.45) is 0 Å². The van der Waals surface area contributed by atoms with Gasteiger partial charge in [0.2, 0.25) is 0 Å². The Morgan fingerprint density at radius 1 is 1.27 bits per heavy atom. The van der Waals surface area contributed by atoms with Crippen LogP contribution < -0.4 is 14.5 Å². The molecule has 114 valence electrons. The molecule has 0 N–H and O–H groups in total. The molecule has 1 fully saturated rings. The summed E-state index contributed by atoms with van der Waals surface area (Å²) in [5, 5.41) is 10.4. The topological polar surface area (TPSA) is 52.4 Å². The molecule has 0 amide bonds. The van der Waals surface area contributed by atoms with Gasteiger partial charge in [0.1, 0.15) is 22.4 Å². The van der Waals surface area contributed by atoms with E-state index in [0.29, 0.717) is 10.7 Å². The predicted octanol–water partition coefficient (Wildman–Crippen LogP) is 3.00. The van der Waals surface area contributed by atoms with Crippen LogP contribution in [0.5, 0.6) is 5.75 Å². The Kier molecular flexibility index (Phi) is 4.36. The third-order valence-corrected chi connectivity index (χ3v) is 5.01. The summed E-state index contributed by atoms with van der Waals surface area (Å²) in [6, 6.07) is 10.2. The monoisotopic (exact) mass is 334 g/mol. The van der Waals surface area contributed by atoms with Crippen LogP contribution in [0, 0.1) is 11.3 Å². The van der Waals surface area contributed by atoms with Gasteiger partial charge >= 0.3 is 0 Å². The Hall–Kier alpha value is -1.97. The summed E-state index contributed by atoms with van der Waals surface area (Å²) in [4.78, 5) is 4.49. The second-order valence-electron chi connectivity index (χ2n) is 4.94. The highest BCUT2D eigenvalue weighted by Gasteiger charge is 2.23. The van der Waals surface area contributed by atoms with Gasteiger partial charge in [0.15, 0.2) is 5.15 Å². The maximum Gasteiger partial charge on any atom is 0.162 e. The average Bonchev–Trinajstić information content (AvgIpc) is 2.95. The summed E-state index contributed by atoms with van der Waals surface area (Å²) in [5.74, 6) is 0.862. The van der Waals surface area contributed by atoms with E-state index in [4.69, 9.17) is 16.3 Å². The van der Waals surface area contributed by atoms with E-state index < -0.39 is 0 Å². The molecule has 1 saturated heterocycles. The van der Waals surface area contributed by atoms with E-state index in [2.05, 4.69) is 26.3 Å². The highest BCUT2D eigenvalue weighted by Crippen LogP contribution is 2.32. The number of nitriles is 1. The number of hydrogen-bond acceptors (Lipinski definition) is 6. The summed E-state index contributed by atoms with van der Waals surface area (Å²) >= 11 is 7.24. The van der Waals surface area contributed by atoms with E-state index in [0.717, 1.165) is 42.6 Å². The molecule has 0 radical (unpaired) electrons. The number of methoxy groups -OCH3 is 1. The van der Waals surface area contributed by atoms with Gasteiger partial charge in [-0.1, -0.05) is 17.7 Å². The van der Waals surface area contributed by atoms with Crippen LogP contribution in [0.4, 0.5) is 10.7 Å². The van der Waals surface area contributed by atoms with E-state index in [1.54, 1.807) is 7.11 Å². The first-order chi connectivity index (χ1) is 10.7. The highest BCUT2D eigenvalue weighted by molar-refractivity contribution is 7.10. The van der Waals surface area contributed by atoms with E-state index >= 15 is 0 Å². The average molecular weight is 335 g/mol. The third kappa shape index (κ3) is 2.82. The molecule has 0 unspecified atom stereocenters. The van der Waals surface area contributed by atoms with Gasteiger partial charge in [0.25, 0.3) is 0 Å². The molecule has 1 aliphatic rings. The molecule has 7 heteroatoms. The third-order valence-electron chi connectivity index (χ3n) is 3.73. The predicted molar refractivity (Wildman–Crippen MR) is 89.3 cm³/mol. The lowest BCUT2D eigenvalue weighted by molar-refractivity contribution is 0.414. The highest BCUT2D eigenvalue weighted by atomic mass is 35.5. The molecule has 2 aromatic rings. The smallest absolute Gasteiger partial charge is 0.162 e. The van der Waals surface area contributed by atoms with Gasteiger partial charge in [-0.05, 0) is 23.7 Å². The molecule has 0 saturated carbocycles. The largest absolute Gasteiger partial charge is 0.497 e. The van der Waals surface area contributed by atoms with Crippen molar-refractivity contribution in [1.82, 2.24) is 4.37 Å². The molecule has 0 aliphatic carbocycles. The van der Waals surface area contributed by atoms with Crippen LogP contribution in [0.25, 0.3) is 0 Å². The summed E-state index contributed by atoms with van der Waals surface area (Å²) in [6.07, 6.45) is 0. The Balaban J connectivity index is 1.71. The van der Waals surface area contributed by atoms with E-state index in [-0.39, 0.29) is 0 Å². The van der Waals surface area contributed by atoms with E-state index in [1.165, 1.54) is 11.5 Å². The van der Waals surface area contributed by atoms with Gasteiger partial charge in [-0.2, -0.15) is 9.64 Å². The molecule has 3 rings (SSSR count). The molecule has 5 nitrogen and oxygen atoms in total. The Labute approximate surface area is 138 Å². The lowest BCUT2D eigenvalue weighted by Crippen LogP contribution is -2.46. The molecule has 1 aromatic carbocycles. The normalized spacial score (nSPS) is 14.8. The standard InChI is InChI=1S/C15H15ClN4OS/c1-21-12-4-2-3-11(9-12)19-5-7-20(8-6-19)15-13(10-17)14(16)18-22-15/h2-4,9H,5-8H2,1H3. The van der Waals surface area contributed by atoms with E-state index in [9.17, 15) is 5.26 Å². The molecule has 0 atom stereocenters. The number of hydrogen-bond donors (Lipinski definition) is 0. The zero-order valence-electron chi connectivity index (χ0n) is 12.1. The number of piperazine rings is 1. The first kappa shape index (κ1) is 14.9. The molecule has 0 bridgehead atoms. The molecule has 1 aliphatic heterocycles. The minimum Gasteiger partial charge on any atom is -0.497 e. The summed E-state index contributed by atoms with van der Waals surface area (Å²) < 4.78 is 9.35. The van der Waals surface area contributed by atoms with Gasteiger partial charge < -0.3 is 14.5 Å². The van der Waals surface area contributed by atoms with Crippen LogP contribution in [-0.4, -0.2) is 37.7 Å². The fraction of sp³-hybridized carbons (Fsp3) is 0.333. The van der Waals surface area contributed by atoms with Crippen LogP contribution in [0.2, 0.25) is 5.15 Å². The van der Waals surface area contributed by atoms with Gasteiger partial charge in [-0.3, -0.25) is 0 Å². The summed E-state index contributed by atoms with van der Waals surface area (Å²) in [7, 11) is 1.67. The molecule has 1 aromatic heterocycles. The second-order valence-corrected chi connectivity index (χ2v) is 6.05. The van der Waals surface area contributed by atoms with Crippen molar-refractivity contribution in [2.45, 2.75) is 0 Å². The van der Waals surface area contributed by atoms with Crippen molar-refractivity contribution in [3.63, 3.8) is 0 Å². The second kappa shape index (κ2) is 6.42. The fourth-order valence-corrected chi connectivity index (χ4v) is 3.63. The Morgan fingerprint density at radius 2 is 2.00 bits per heavy atom. The lowest BCUT2D eigenvalue weighted by Gasteiger charge is -2.36. The van der Waals surface area contributed by atoms with E-state index in [1.807, 2.05) is 18.2 Å². The van der Waals surface area contributed by atoms with Crippen molar-refractivity contribution in [3.05, 3.63) is 35.0 Å². The van der Waals surface area contributed by atoms with Crippen LogP contribution in [0.1, 0.15) is 5.56 Å². The number of rotatable bonds is 3.